The van der Waals surface area contributed by atoms with Crippen molar-refractivity contribution in [2.45, 2.75) is 52.0 Å². The molecule has 1 amide bonds. The van der Waals surface area contributed by atoms with Crippen LogP contribution in [-0.4, -0.2) is 35.2 Å². The number of hydrogen-bond acceptors (Lipinski definition) is 3. The molecule has 0 atom stereocenters. The fourth-order valence-electron chi connectivity index (χ4n) is 4.10. The zero-order valence-corrected chi connectivity index (χ0v) is 16.8. The molecule has 6 heteroatoms. The van der Waals surface area contributed by atoms with E-state index in [1.165, 1.54) is 32.1 Å². The summed E-state index contributed by atoms with van der Waals surface area (Å²) in [5.74, 6) is -0.610. The SMILES string of the molecule is Cc1cc(C(=O)N(C)c2ccc(OCC(=O)O)cc2)c(C)n1C1CCCCC1. The highest BCUT2D eigenvalue weighted by atomic mass is 16.5. The molecule has 1 heterocycles. The molecule has 0 spiro atoms. The Morgan fingerprint density at radius 1 is 1.14 bits per heavy atom. The van der Waals surface area contributed by atoms with Gasteiger partial charge in [-0.3, -0.25) is 4.79 Å². The molecule has 0 radical (unpaired) electrons. The zero-order chi connectivity index (χ0) is 20.3. The number of aliphatic carboxylic acids is 1. The van der Waals surface area contributed by atoms with Crippen LogP contribution in [0.1, 0.15) is 59.9 Å². The summed E-state index contributed by atoms with van der Waals surface area (Å²) in [6.45, 7) is 3.72. The highest BCUT2D eigenvalue weighted by Gasteiger charge is 2.24. The molecule has 28 heavy (non-hydrogen) atoms. The summed E-state index contributed by atoms with van der Waals surface area (Å²) >= 11 is 0. The predicted molar refractivity (Wildman–Crippen MR) is 108 cm³/mol. The van der Waals surface area contributed by atoms with Gasteiger partial charge in [0.2, 0.25) is 0 Å². The van der Waals surface area contributed by atoms with E-state index in [0.717, 1.165) is 22.6 Å². The number of benzene rings is 1. The van der Waals surface area contributed by atoms with Crippen molar-refractivity contribution in [3.8, 4) is 5.75 Å². The number of anilines is 1. The summed E-state index contributed by atoms with van der Waals surface area (Å²) in [5, 5.41) is 8.68. The summed E-state index contributed by atoms with van der Waals surface area (Å²) in [5.41, 5.74) is 3.63. The van der Waals surface area contributed by atoms with E-state index < -0.39 is 5.97 Å². The highest BCUT2D eigenvalue weighted by Crippen LogP contribution is 2.32. The molecule has 6 nitrogen and oxygen atoms in total. The van der Waals surface area contributed by atoms with Gasteiger partial charge in [0.25, 0.3) is 5.91 Å². The lowest BCUT2D eigenvalue weighted by molar-refractivity contribution is -0.139. The van der Waals surface area contributed by atoms with Crippen molar-refractivity contribution in [2.24, 2.45) is 0 Å². The van der Waals surface area contributed by atoms with Gasteiger partial charge in [-0.05, 0) is 57.0 Å². The minimum absolute atomic E-state index is 0.0469. The summed E-state index contributed by atoms with van der Waals surface area (Å²) < 4.78 is 7.48. The lowest BCUT2D eigenvalue weighted by atomic mass is 9.95. The molecule has 2 aromatic rings. The smallest absolute Gasteiger partial charge is 0.341 e. The topological polar surface area (TPSA) is 71.8 Å². The van der Waals surface area contributed by atoms with Crippen LogP contribution in [0.25, 0.3) is 0 Å². The number of aryl methyl sites for hydroxylation is 1. The molecular weight excluding hydrogens is 356 g/mol. The van der Waals surface area contributed by atoms with Crippen molar-refractivity contribution in [2.75, 3.05) is 18.6 Å². The number of amides is 1. The average Bonchev–Trinajstić information content (AvgIpc) is 3.00. The van der Waals surface area contributed by atoms with E-state index in [4.69, 9.17) is 9.84 Å². The summed E-state index contributed by atoms with van der Waals surface area (Å²) in [4.78, 5) is 25.3. The second-order valence-corrected chi connectivity index (χ2v) is 7.49. The maximum atomic E-state index is 13.1. The van der Waals surface area contributed by atoms with E-state index in [1.54, 1.807) is 36.2 Å². The first-order valence-corrected chi connectivity index (χ1v) is 9.79. The first-order valence-electron chi connectivity index (χ1n) is 9.79. The Morgan fingerprint density at radius 2 is 1.79 bits per heavy atom. The second kappa shape index (κ2) is 8.50. The molecule has 3 rings (SSSR count). The molecule has 0 bridgehead atoms. The van der Waals surface area contributed by atoms with Gasteiger partial charge in [-0.25, -0.2) is 4.79 Å². The van der Waals surface area contributed by atoms with Crippen molar-refractivity contribution < 1.29 is 19.4 Å². The third-order valence-electron chi connectivity index (χ3n) is 5.55. The number of rotatable bonds is 6. The van der Waals surface area contributed by atoms with Crippen LogP contribution < -0.4 is 9.64 Å². The maximum Gasteiger partial charge on any atom is 0.341 e. The van der Waals surface area contributed by atoms with Gasteiger partial charge in [0.1, 0.15) is 5.75 Å². The molecule has 0 aliphatic heterocycles. The zero-order valence-electron chi connectivity index (χ0n) is 16.8. The third kappa shape index (κ3) is 4.21. The van der Waals surface area contributed by atoms with Crippen LogP contribution >= 0.6 is 0 Å². The molecule has 0 unspecified atom stereocenters. The van der Waals surface area contributed by atoms with Crippen LogP contribution in [0.4, 0.5) is 5.69 Å². The molecule has 1 aromatic heterocycles. The molecule has 1 N–H and O–H groups in total. The van der Waals surface area contributed by atoms with Crippen molar-refractivity contribution in [3.05, 3.63) is 47.3 Å². The van der Waals surface area contributed by atoms with Crippen LogP contribution in [0.5, 0.6) is 5.75 Å². The van der Waals surface area contributed by atoms with Gasteiger partial charge < -0.3 is 19.3 Å². The molecule has 150 valence electrons. The molecular formula is C22H28N2O4. The Labute approximate surface area is 165 Å². The lowest BCUT2D eigenvalue weighted by Gasteiger charge is -2.26. The Morgan fingerprint density at radius 3 is 2.39 bits per heavy atom. The number of hydrogen-bond donors (Lipinski definition) is 1. The number of nitrogens with zero attached hydrogens (tertiary/aromatic N) is 2. The Hall–Kier alpha value is -2.76. The van der Waals surface area contributed by atoms with Crippen molar-refractivity contribution in [1.82, 2.24) is 4.57 Å². The van der Waals surface area contributed by atoms with E-state index >= 15 is 0 Å². The Balaban J connectivity index is 1.77. The van der Waals surface area contributed by atoms with Crippen molar-refractivity contribution in [1.29, 1.82) is 0 Å². The number of ether oxygens (including phenoxy) is 1. The Kier molecular flexibility index (Phi) is 6.07. The van der Waals surface area contributed by atoms with Crippen LogP contribution in [0.2, 0.25) is 0 Å². The highest BCUT2D eigenvalue weighted by molar-refractivity contribution is 6.06. The van der Waals surface area contributed by atoms with E-state index in [2.05, 4.69) is 11.5 Å². The lowest BCUT2D eigenvalue weighted by Crippen LogP contribution is -2.27. The van der Waals surface area contributed by atoms with Gasteiger partial charge in [0.15, 0.2) is 6.61 Å². The van der Waals surface area contributed by atoms with Gasteiger partial charge in [0.05, 0.1) is 5.56 Å². The van der Waals surface area contributed by atoms with E-state index in [9.17, 15) is 9.59 Å². The number of aromatic nitrogens is 1. The summed E-state index contributed by atoms with van der Waals surface area (Å²) in [7, 11) is 1.75. The van der Waals surface area contributed by atoms with Gasteiger partial charge in [-0.1, -0.05) is 19.3 Å². The van der Waals surface area contributed by atoms with E-state index in [1.807, 2.05) is 13.0 Å². The molecule has 1 saturated carbocycles. The Bertz CT molecular complexity index is 848. The first-order chi connectivity index (χ1) is 13.4. The van der Waals surface area contributed by atoms with Crippen LogP contribution in [0, 0.1) is 13.8 Å². The molecule has 1 aliphatic carbocycles. The van der Waals surface area contributed by atoms with Crippen LogP contribution in [0.3, 0.4) is 0 Å². The average molecular weight is 384 g/mol. The number of carboxylic acid groups (broad SMARTS) is 1. The van der Waals surface area contributed by atoms with Gasteiger partial charge >= 0.3 is 5.97 Å². The minimum Gasteiger partial charge on any atom is -0.482 e. The fraction of sp³-hybridized carbons (Fsp3) is 0.455. The summed E-state index contributed by atoms with van der Waals surface area (Å²) in [6.07, 6.45) is 6.16. The normalized spacial score (nSPS) is 14.7. The number of carbonyl (C=O) groups excluding carboxylic acids is 1. The minimum atomic E-state index is -1.02. The van der Waals surface area contributed by atoms with Crippen molar-refractivity contribution >= 4 is 17.6 Å². The number of carbonyl (C=O) groups is 2. The third-order valence-corrected chi connectivity index (χ3v) is 5.55. The van der Waals surface area contributed by atoms with E-state index in [-0.39, 0.29) is 12.5 Å². The maximum absolute atomic E-state index is 13.1. The molecule has 1 fully saturated rings. The van der Waals surface area contributed by atoms with Crippen LogP contribution in [0.15, 0.2) is 30.3 Å². The molecule has 0 saturated heterocycles. The van der Waals surface area contributed by atoms with Gasteiger partial charge in [0, 0.05) is 30.2 Å². The van der Waals surface area contributed by atoms with Crippen molar-refractivity contribution in [3.63, 3.8) is 0 Å². The standard InChI is InChI=1S/C22H28N2O4/c1-15-13-20(16(2)24(15)18-7-5-4-6-8-18)22(27)23(3)17-9-11-19(12-10-17)28-14-21(25)26/h9-13,18H,4-8,14H2,1-3H3,(H,25,26). The fourth-order valence-corrected chi connectivity index (χ4v) is 4.10. The first kappa shape index (κ1) is 20.0. The van der Waals surface area contributed by atoms with E-state index in [0.29, 0.717) is 11.8 Å². The van der Waals surface area contributed by atoms with Gasteiger partial charge in [-0.2, -0.15) is 0 Å². The molecule has 1 aliphatic rings. The number of carboxylic acids is 1. The van der Waals surface area contributed by atoms with Gasteiger partial charge in [-0.15, -0.1) is 0 Å². The predicted octanol–water partition coefficient (Wildman–Crippen LogP) is 4.35. The quantitative estimate of drug-likeness (QED) is 0.804. The monoisotopic (exact) mass is 384 g/mol. The van der Waals surface area contributed by atoms with Crippen LogP contribution in [-0.2, 0) is 4.79 Å². The summed E-state index contributed by atoms with van der Waals surface area (Å²) in [6, 6.07) is 9.35. The second-order valence-electron chi connectivity index (χ2n) is 7.49. The largest absolute Gasteiger partial charge is 0.482 e. The molecule has 1 aromatic carbocycles.